The van der Waals surface area contributed by atoms with E-state index in [2.05, 4.69) is 16.2 Å². The number of ether oxygens (including phenoxy) is 2. The van der Waals surface area contributed by atoms with Crippen LogP contribution in [0.3, 0.4) is 0 Å². The van der Waals surface area contributed by atoms with Crippen LogP contribution in [0.1, 0.15) is 15.9 Å². The predicted molar refractivity (Wildman–Crippen MR) is 123 cm³/mol. The highest BCUT2D eigenvalue weighted by Crippen LogP contribution is 2.19. The average Bonchev–Trinajstić information content (AvgIpc) is 2.78. The number of nitrogens with one attached hydrogen (secondary N) is 3. The van der Waals surface area contributed by atoms with Crippen molar-refractivity contribution in [3.05, 3.63) is 77.9 Å². The molecule has 0 radical (unpaired) electrons. The van der Waals surface area contributed by atoms with Gasteiger partial charge in [0.25, 0.3) is 5.91 Å². The molecule has 0 heterocycles. The number of methoxy groups -OCH3 is 1. The first-order valence-corrected chi connectivity index (χ1v) is 10.1. The molecule has 0 aromatic heterocycles. The molecule has 31 heavy (non-hydrogen) atoms. The van der Waals surface area contributed by atoms with Gasteiger partial charge < -0.3 is 9.47 Å². The molecule has 0 atom stereocenters. The summed E-state index contributed by atoms with van der Waals surface area (Å²) in [6.45, 7) is 0.715. The number of fused-ring (bicyclic) bond motifs is 1. The summed E-state index contributed by atoms with van der Waals surface area (Å²) < 4.78 is 10.5. The van der Waals surface area contributed by atoms with Gasteiger partial charge in [-0.3, -0.25) is 25.8 Å². The van der Waals surface area contributed by atoms with E-state index in [9.17, 15) is 9.59 Å². The van der Waals surface area contributed by atoms with Gasteiger partial charge in [-0.05, 0) is 40.7 Å². The Hall–Kier alpha value is -3.49. The molecule has 3 aromatic carbocycles. The van der Waals surface area contributed by atoms with Crippen LogP contribution in [0.25, 0.3) is 10.8 Å². The van der Waals surface area contributed by atoms with Crippen molar-refractivity contribution in [1.82, 2.24) is 16.2 Å². The number of para-hydroxylation sites is 1. The number of thiocarbonyl (C=S) groups is 1. The van der Waals surface area contributed by atoms with E-state index in [4.69, 9.17) is 21.7 Å². The van der Waals surface area contributed by atoms with Crippen LogP contribution in [-0.2, 0) is 16.0 Å². The Morgan fingerprint density at radius 1 is 0.903 bits per heavy atom. The summed E-state index contributed by atoms with van der Waals surface area (Å²) in [7, 11) is 1.57. The highest BCUT2D eigenvalue weighted by Gasteiger charge is 2.14. The zero-order valence-electron chi connectivity index (χ0n) is 17.0. The molecule has 3 aromatic rings. The molecule has 0 aliphatic carbocycles. The van der Waals surface area contributed by atoms with Gasteiger partial charge in [-0.15, -0.1) is 0 Å². The number of carbonyl (C=O) groups is 2. The smallest absolute Gasteiger partial charge is 0.261 e. The van der Waals surface area contributed by atoms with Gasteiger partial charge in [-0.2, -0.15) is 0 Å². The van der Waals surface area contributed by atoms with Crippen molar-refractivity contribution in [1.29, 1.82) is 0 Å². The van der Waals surface area contributed by atoms with E-state index in [1.807, 2.05) is 42.5 Å². The summed E-state index contributed by atoms with van der Waals surface area (Å²) in [4.78, 5) is 24.9. The third-order valence-corrected chi connectivity index (χ3v) is 4.65. The average molecular weight is 438 g/mol. The van der Waals surface area contributed by atoms with E-state index >= 15 is 0 Å². The zero-order valence-corrected chi connectivity index (χ0v) is 17.8. The predicted octanol–water partition coefficient (Wildman–Crippen LogP) is 2.74. The van der Waals surface area contributed by atoms with Crippen LogP contribution in [0.5, 0.6) is 5.75 Å². The Balaban J connectivity index is 1.53. The van der Waals surface area contributed by atoms with Crippen molar-refractivity contribution >= 4 is 39.9 Å². The fourth-order valence-corrected chi connectivity index (χ4v) is 3.15. The van der Waals surface area contributed by atoms with Crippen LogP contribution < -0.4 is 20.9 Å². The van der Waals surface area contributed by atoms with Gasteiger partial charge in [-0.25, -0.2) is 0 Å². The number of benzene rings is 3. The number of carbonyl (C=O) groups excluding carboxylic acids is 2. The fraction of sp³-hybridized carbons (Fsp3) is 0.174. The Kier molecular flexibility index (Phi) is 7.91. The molecule has 3 N–H and O–H groups in total. The van der Waals surface area contributed by atoms with E-state index in [1.54, 1.807) is 31.4 Å². The molecule has 0 fully saturated rings. The summed E-state index contributed by atoms with van der Waals surface area (Å²) in [5.74, 6) is -0.315. The second-order valence-electron chi connectivity index (χ2n) is 6.61. The van der Waals surface area contributed by atoms with Crippen LogP contribution in [0.4, 0.5) is 0 Å². The molecular formula is C23H23N3O4S. The lowest BCUT2D eigenvalue weighted by Gasteiger charge is -2.13. The molecule has 0 aliphatic rings. The number of rotatable bonds is 7. The molecule has 3 rings (SSSR count). The van der Waals surface area contributed by atoms with Crippen LogP contribution in [0.15, 0.2) is 66.7 Å². The number of hydrogen-bond donors (Lipinski definition) is 3. The quantitative estimate of drug-likeness (QED) is 0.299. The minimum atomic E-state index is -0.450. The van der Waals surface area contributed by atoms with Crippen molar-refractivity contribution in [2.45, 2.75) is 6.42 Å². The highest BCUT2D eigenvalue weighted by atomic mass is 32.1. The molecule has 0 saturated carbocycles. The molecular weight excluding hydrogens is 414 g/mol. The summed E-state index contributed by atoms with van der Waals surface area (Å²) >= 11 is 5.12. The summed E-state index contributed by atoms with van der Waals surface area (Å²) in [5, 5.41) is 4.59. The van der Waals surface area contributed by atoms with E-state index in [0.717, 1.165) is 16.3 Å². The number of hydrogen-bond acceptors (Lipinski definition) is 5. The van der Waals surface area contributed by atoms with Gasteiger partial charge in [-0.1, -0.05) is 54.6 Å². The lowest BCUT2D eigenvalue weighted by molar-refractivity contribution is -0.121. The highest BCUT2D eigenvalue weighted by molar-refractivity contribution is 7.80. The molecule has 0 aliphatic heterocycles. The molecule has 2 amide bonds. The summed E-state index contributed by atoms with van der Waals surface area (Å²) in [5.41, 5.74) is 6.30. The van der Waals surface area contributed by atoms with Gasteiger partial charge in [0.15, 0.2) is 5.11 Å². The Morgan fingerprint density at radius 2 is 1.65 bits per heavy atom. The van der Waals surface area contributed by atoms with Crippen LogP contribution in [-0.4, -0.2) is 37.3 Å². The van der Waals surface area contributed by atoms with Gasteiger partial charge in [0, 0.05) is 7.11 Å². The number of amides is 2. The lowest BCUT2D eigenvalue weighted by atomic mass is 10.0. The Morgan fingerprint density at radius 3 is 2.48 bits per heavy atom. The van der Waals surface area contributed by atoms with Gasteiger partial charge >= 0.3 is 0 Å². The van der Waals surface area contributed by atoms with Crippen molar-refractivity contribution in [3.63, 3.8) is 0 Å². The van der Waals surface area contributed by atoms with Crippen LogP contribution in [0.2, 0.25) is 0 Å². The lowest BCUT2D eigenvalue weighted by Crippen LogP contribution is -2.48. The SMILES string of the molecule is COCCOc1ccccc1C(=O)NC(=S)NNC(=O)Cc1cccc2ccccc12. The van der Waals surface area contributed by atoms with Crippen molar-refractivity contribution < 1.29 is 19.1 Å². The zero-order chi connectivity index (χ0) is 22.1. The molecule has 0 bridgehead atoms. The van der Waals surface area contributed by atoms with Crippen LogP contribution >= 0.6 is 12.2 Å². The maximum atomic E-state index is 12.5. The molecule has 8 heteroatoms. The molecule has 160 valence electrons. The third kappa shape index (κ3) is 6.24. The first-order valence-electron chi connectivity index (χ1n) is 9.66. The van der Waals surface area contributed by atoms with Gasteiger partial charge in [0.05, 0.1) is 18.6 Å². The second-order valence-corrected chi connectivity index (χ2v) is 7.02. The van der Waals surface area contributed by atoms with E-state index < -0.39 is 5.91 Å². The Bertz CT molecular complexity index is 1080. The molecule has 0 spiro atoms. The fourth-order valence-electron chi connectivity index (χ4n) is 3.01. The topological polar surface area (TPSA) is 88.7 Å². The summed E-state index contributed by atoms with van der Waals surface area (Å²) in [6, 6.07) is 20.5. The minimum absolute atomic E-state index is 0.0250. The van der Waals surface area contributed by atoms with Gasteiger partial charge in [0.1, 0.15) is 12.4 Å². The maximum Gasteiger partial charge on any atom is 0.261 e. The van der Waals surface area contributed by atoms with Crippen molar-refractivity contribution in [2.75, 3.05) is 20.3 Å². The van der Waals surface area contributed by atoms with E-state index in [1.165, 1.54) is 0 Å². The van der Waals surface area contributed by atoms with E-state index in [-0.39, 0.29) is 17.4 Å². The maximum absolute atomic E-state index is 12.5. The third-order valence-electron chi connectivity index (χ3n) is 4.45. The molecule has 0 saturated heterocycles. The monoisotopic (exact) mass is 437 g/mol. The van der Waals surface area contributed by atoms with Crippen molar-refractivity contribution in [3.8, 4) is 5.75 Å². The van der Waals surface area contributed by atoms with Crippen LogP contribution in [0, 0.1) is 0 Å². The first-order chi connectivity index (χ1) is 15.1. The standard InChI is InChI=1S/C23H23N3O4S/c1-29-13-14-30-20-12-5-4-11-19(20)22(28)24-23(31)26-25-21(27)15-17-9-6-8-16-7-2-3-10-18(16)17/h2-12H,13-15H2,1H3,(H,25,27)(H2,24,26,28,31). The largest absolute Gasteiger partial charge is 0.490 e. The second kappa shape index (κ2) is 11.1. The van der Waals surface area contributed by atoms with E-state index in [0.29, 0.717) is 24.5 Å². The van der Waals surface area contributed by atoms with Gasteiger partial charge in [0.2, 0.25) is 5.91 Å². The van der Waals surface area contributed by atoms with Crippen molar-refractivity contribution in [2.24, 2.45) is 0 Å². The molecule has 7 nitrogen and oxygen atoms in total. The normalized spacial score (nSPS) is 10.4. The summed E-state index contributed by atoms with van der Waals surface area (Å²) in [6.07, 6.45) is 0.168. The number of hydrazine groups is 1. The Labute approximate surface area is 185 Å². The minimum Gasteiger partial charge on any atom is -0.490 e. The molecule has 0 unspecified atom stereocenters. The first kappa shape index (κ1) is 22.2.